The molecule has 0 spiro atoms. The van der Waals surface area contributed by atoms with Crippen molar-refractivity contribution in [2.75, 3.05) is 5.75 Å². The molecule has 0 aliphatic carbocycles. The topological polar surface area (TPSA) is 32.6 Å². The molecular weight excluding hydrogens is 340 g/mol. The lowest BCUT2D eigenvalue weighted by molar-refractivity contribution is 0.319. The molecule has 2 rings (SSSR count). The van der Waals surface area contributed by atoms with E-state index in [1.54, 1.807) is 12.1 Å². The quantitative estimate of drug-likeness (QED) is 0.343. The number of oxime groups is 1. The molecule has 0 amide bonds. The minimum atomic E-state index is -0.268. The van der Waals surface area contributed by atoms with E-state index < -0.39 is 0 Å². The van der Waals surface area contributed by atoms with Crippen molar-refractivity contribution in [1.29, 1.82) is 0 Å². The maximum atomic E-state index is 13.0. The Morgan fingerprint density at radius 1 is 1.40 bits per heavy atom. The Bertz CT molecular complexity index is 658. The van der Waals surface area contributed by atoms with Crippen LogP contribution in [0.4, 0.5) is 4.39 Å². The molecule has 0 aliphatic heterocycles. The van der Waals surface area contributed by atoms with E-state index in [9.17, 15) is 4.39 Å². The maximum absolute atomic E-state index is 13.0. The Hall–Kier alpha value is -0.750. The number of aryl methyl sites for hydroxylation is 1. The molecule has 0 unspecified atom stereocenters. The Labute approximate surface area is 134 Å². The standard InChI is InChI=1S/C13H10Cl2FNOS2/c1-7-4-8(16)2-3-11(7)19-6-10(17-18)9-5-12(14)20-13(9)15/h2-5,18H,6H2,1H3/b17-10+. The van der Waals surface area contributed by atoms with Gasteiger partial charge in [0.25, 0.3) is 0 Å². The monoisotopic (exact) mass is 349 g/mol. The van der Waals surface area contributed by atoms with E-state index in [0.717, 1.165) is 10.5 Å². The Kier molecular flexibility index (Phi) is 5.32. The fourth-order valence-electron chi connectivity index (χ4n) is 1.62. The minimum Gasteiger partial charge on any atom is -0.411 e. The number of hydrogen-bond donors (Lipinski definition) is 1. The fourth-order valence-corrected chi connectivity index (χ4v) is 4.08. The summed E-state index contributed by atoms with van der Waals surface area (Å²) < 4.78 is 14.1. The number of rotatable bonds is 4. The molecule has 1 aromatic carbocycles. The van der Waals surface area contributed by atoms with Gasteiger partial charge in [0, 0.05) is 16.2 Å². The molecule has 0 saturated carbocycles. The van der Waals surface area contributed by atoms with E-state index >= 15 is 0 Å². The first kappa shape index (κ1) is 15.6. The fraction of sp³-hybridized carbons (Fsp3) is 0.154. The molecule has 0 atom stereocenters. The molecule has 106 valence electrons. The summed E-state index contributed by atoms with van der Waals surface area (Å²) in [6, 6.07) is 6.24. The van der Waals surface area contributed by atoms with Crippen molar-refractivity contribution in [3.63, 3.8) is 0 Å². The molecule has 0 bridgehead atoms. The molecule has 0 radical (unpaired) electrons. The highest BCUT2D eigenvalue weighted by Gasteiger charge is 2.14. The third-order valence-corrected chi connectivity index (χ3v) is 5.26. The molecule has 0 fully saturated rings. The molecule has 0 saturated heterocycles. The second kappa shape index (κ2) is 6.80. The van der Waals surface area contributed by atoms with Gasteiger partial charge in [-0.3, -0.25) is 0 Å². The average molecular weight is 350 g/mol. The summed E-state index contributed by atoms with van der Waals surface area (Å²) in [5.74, 6) is 0.144. The lowest BCUT2D eigenvalue weighted by Crippen LogP contribution is -2.04. The van der Waals surface area contributed by atoms with Crippen molar-refractivity contribution in [2.45, 2.75) is 11.8 Å². The van der Waals surface area contributed by atoms with Gasteiger partial charge in [0.2, 0.25) is 0 Å². The smallest absolute Gasteiger partial charge is 0.123 e. The summed E-state index contributed by atoms with van der Waals surface area (Å²) in [6.07, 6.45) is 0. The van der Waals surface area contributed by atoms with Crippen molar-refractivity contribution < 1.29 is 9.60 Å². The van der Waals surface area contributed by atoms with Crippen LogP contribution in [0.1, 0.15) is 11.1 Å². The first-order chi connectivity index (χ1) is 9.51. The SMILES string of the molecule is Cc1cc(F)ccc1SC/C(=N\O)c1cc(Cl)sc1Cl. The van der Waals surface area contributed by atoms with Crippen LogP contribution in [0.5, 0.6) is 0 Å². The highest BCUT2D eigenvalue weighted by molar-refractivity contribution is 8.00. The highest BCUT2D eigenvalue weighted by atomic mass is 35.5. The number of benzene rings is 1. The molecule has 2 aromatic rings. The zero-order valence-corrected chi connectivity index (χ0v) is 13.5. The highest BCUT2D eigenvalue weighted by Crippen LogP contribution is 2.33. The maximum Gasteiger partial charge on any atom is 0.123 e. The van der Waals surface area contributed by atoms with Crippen molar-refractivity contribution >= 4 is 52.0 Å². The Balaban J connectivity index is 2.14. The molecule has 1 aromatic heterocycles. The van der Waals surface area contributed by atoms with Crippen LogP contribution < -0.4 is 0 Å². The van der Waals surface area contributed by atoms with E-state index in [2.05, 4.69) is 5.16 Å². The molecular formula is C13H10Cl2FNOS2. The zero-order chi connectivity index (χ0) is 14.7. The van der Waals surface area contributed by atoms with Crippen LogP contribution in [0.15, 0.2) is 34.3 Å². The molecule has 7 heteroatoms. The second-order valence-corrected chi connectivity index (χ2v) is 7.29. The predicted molar refractivity (Wildman–Crippen MR) is 84.5 cm³/mol. The molecule has 20 heavy (non-hydrogen) atoms. The Morgan fingerprint density at radius 3 is 2.70 bits per heavy atom. The summed E-state index contributed by atoms with van der Waals surface area (Å²) in [5, 5.41) is 12.4. The number of halogens is 3. The first-order valence-corrected chi connectivity index (χ1v) is 8.12. The van der Waals surface area contributed by atoms with Gasteiger partial charge < -0.3 is 5.21 Å². The predicted octanol–water partition coefficient (Wildman–Crippen LogP) is 5.47. The van der Waals surface area contributed by atoms with Crippen LogP contribution in [0.3, 0.4) is 0 Å². The van der Waals surface area contributed by atoms with Crippen LogP contribution in [0, 0.1) is 12.7 Å². The minimum absolute atomic E-state index is 0.268. The van der Waals surface area contributed by atoms with Gasteiger partial charge in [-0.1, -0.05) is 28.4 Å². The van der Waals surface area contributed by atoms with Crippen LogP contribution in [0.2, 0.25) is 8.67 Å². The molecule has 0 aliphatic rings. The molecule has 1 N–H and O–H groups in total. The van der Waals surface area contributed by atoms with Crippen molar-refractivity contribution in [3.05, 3.63) is 49.9 Å². The summed E-state index contributed by atoms with van der Waals surface area (Å²) in [7, 11) is 0. The second-order valence-electron chi connectivity index (χ2n) is 3.98. The van der Waals surface area contributed by atoms with Gasteiger partial charge in [0.1, 0.15) is 10.2 Å². The third-order valence-electron chi connectivity index (χ3n) is 2.59. The first-order valence-electron chi connectivity index (χ1n) is 5.56. The van der Waals surface area contributed by atoms with Gasteiger partial charge in [-0.2, -0.15) is 0 Å². The van der Waals surface area contributed by atoms with E-state index in [4.69, 9.17) is 28.4 Å². The van der Waals surface area contributed by atoms with E-state index in [0.29, 0.717) is 25.7 Å². The van der Waals surface area contributed by atoms with Gasteiger partial charge in [0.05, 0.1) is 10.0 Å². The van der Waals surface area contributed by atoms with Gasteiger partial charge >= 0.3 is 0 Å². The van der Waals surface area contributed by atoms with Crippen LogP contribution in [-0.2, 0) is 0 Å². The number of thioether (sulfide) groups is 1. The molecule has 2 nitrogen and oxygen atoms in total. The largest absolute Gasteiger partial charge is 0.411 e. The van der Waals surface area contributed by atoms with Crippen molar-refractivity contribution in [2.24, 2.45) is 5.16 Å². The lowest BCUT2D eigenvalue weighted by atomic mass is 10.2. The number of hydrogen-bond acceptors (Lipinski definition) is 4. The lowest BCUT2D eigenvalue weighted by Gasteiger charge is -2.06. The van der Waals surface area contributed by atoms with Gasteiger partial charge in [-0.05, 0) is 36.8 Å². The van der Waals surface area contributed by atoms with Crippen LogP contribution in [-0.4, -0.2) is 16.7 Å². The van der Waals surface area contributed by atoms with Gasteiger partial charge in [-0.25, -0.2) is 4.39 Å². The number of thiophene rings is 1. The number of nitrogens with zero attached hydrogens (tertiary/aromatic N) is 1. The summed E-state index contributed by atoms with van der Waals surface area (Å²) in [4.78, 5) is 0.921. The van der Waals surface area contributed by atoms with Crippen molar-refractivity contribution in [1.82, 2.24) is 0 Å². The van der Waals surface area contributed by atoms with Crippen LogP contribution in [0.25, 0.3) is 0 Å². The average Bonchev–Trinajstić information content (AvgIpc) is 2.72. The third kappa shape index (κ3) is 3.67. The zero-order valence-electron chi connectivity index (χ0n) is 10.4. The van der Waals surface area contributed by atoms with Gasteiger partial charge in [-0.15, -0.1) is 23.1 Å². The van der Waals surface area contributed by atoms with Crippen molar-refractivity contribution in [3.8, 4) is 0 Å². The Morgan fingerprint density at radius 2 is 2.15 bits per heavy atom. The molecule has 1 heterocycles. The summed E-state index contributed by atoms with van der Waals surface area (Å²) >= 11 is 14.6. The van der Waals surface area contributed by atoms with E-state index in [1.807, 2.05) is 6.92 Å². The van der Waals surface area contributed by atoms with Gasteiger partial charge in [0.15, 0.2) is 0 Å². The summed E-state index contributed by atoms with van der Waals surface area (Å²) in [6.45, 7) is 1.83. The normalized spacial score (nSPS) is 11.9. The van der Waals surface area contributed by atoms with Crippen LogP contribution >= 0.6 is 46.3 Å². The van der Waals surface area contributed by atoms with E-state index in [1.165, 1.54) is 35.2 Å². The van der Waals surface area contributed by atoms with E-state index in [-0.39, 0.29) is 5.82 Å². The summed E-state index contributed by atoms with van der Waals surface area (Å²) in [5.41, 5.74) is 1.89.